The molecule has 29 heavy (non-hydrogen) atoms. The average molecular weight is 402 g/mol. The fourth-order valence-electron chi connectivity index (χ4n) is 3.77. The van der Waals surface area contributed by atoms with Gasteiger partial charge in [-0.05, 0) is 53.8 Å². The van der Waals surface area contributed by atoms with Crippen LogP contribution < -0.4 is 29.7 Å². The molecular weight excluding hydrogens is 374 g/mol. The predicted octanol–water partition coefficient (Wildman–Crippen LogP) is 2.87. The minimum atomic E-state index is -2.81. The van der Waals surface area contributed by atoms with Crippen molar-refractivity contribution in [1.29, 1.82) is 0 Å². The van der Waals surface area contributed by atoms with Gasteiger partial charge in [0.1, 0.15) is 0 Å². The molecule has 0 aromatic heterocycles. The number of benzene rings is 1. The SMILES string of the molecule is [2H]C([2H])([2H])C(=O)N[C@H]1CCc2cc(OC)c(OC)c(OC)c2-c2ccc(=O)c(OC)cc21. The minimum Gasteiger partial charge on any atom is -0.493 e. The lowest BCUT2D eigenvalue weighted by molar-refractivity contribution is -0.119. The van der Waals surface area contributed by atoms with Crippen LogP contribution in [0.5, 0.6) is 23.0 Å². The Morgan fingerprint density at radius 3 is 2.38 bits per heavy atom. The van der Waals surface area contributed by atoms with Crippen molar-refractivity contribution in [2.24, 2.45) is 0 Å². The summed E-state index contributed by atoms with van der Waals surface area (Å²) in [4.78, 5) is 24.8. The molecule has 1 amide bonds. The van der Waals surface area contributed by atoms with E-state index in [0.717, 1.165) is 5.56 Å². The predicted molar refractivity (Wildman–Crippen MR) is 109 cm³/mol. The topological polar surface area (TPSA) is 83.1 Å². The molecule has 2 aromatic carbocycles. The van der Waals surface area contributed by atoms with Crippen molar-refractivity contribution >= 4 is 5.91 Å². The normalized spacial score (nSPS) is 16.7. The van der Waals surface area contributed by atoms with Gasteiger partial charge >= 0.3 is 0 Å². The van der Waals surface area contributed by atoms with Crippen molar-refractivity contribution in [2.75, 3.05) is 28.4 Å². The molecule has 154 valence electrons. The lowest BCUT2D eigenvalue weighted by atomic mass is 9.95. The fourth-order valence-corrected chi connectivity index (χ4v) is 3.77. The lowest BCUT2D eigenvalue weighted by Gasteiger charge is -2.19. The largest absolute Gasteiger partial charge is 0.493 e. The molecule has 0 saturated heterocycles. The van der Waals surface area contributed by atoms with Crippen LogP contribution in [0.2, 0.25) is 0 Å². The van der Waals surface area contributed by atoms with E-state index in [1.54, 1.807) is 6.07 Å². The summed E-state index contributed by atoms with van der Waals surface area (Å²) in [6.07, 6.45) is 0.852. The molecular formula is C22H25NO6. The first-order valence-electron chi connectivity index (χ1n) is 10.5. The van der Waals surface area contributed by atoms with E-state index in [2.05, 4.69) is 5.32 Å². The number of aryl methyl sites for hydroxylation is 1. The fraction of sp³-hybridized carbons (Fsp3) is 0.364. The second kappa shape index (κ2) is 8.43. The number of nitrogens with one attached hydrogen (secondary N) is 1. The molecule has 0 spiro atoms. The number of amides is 1. The molecule has 0 saturated carbocycles. The number of rotatable bonds is 5. The van der Waals surface area contributed by atoms with Gasteiger partial charge in [0.15, 0.2) is 17.2 Å². The molecule has 0 radical (unpaired) electrons. The summed E-state index contributed by atoms with van der Waals surface area (Å²) in [5, 5.41) is 2.61. The Morgan fingerprint density at radius 1 is 1.03 bits per heavy atom. The van der Waals surface area contributed by atoms with E-state index >= 15 is 0 Å². The van der Waals surface area contributed by atoms with Crippen LogP contribution in [0.1, 0.15) is 34.6 Å². The average Bonchev–Trinajstić information content (AvgIpc) is 3.01. The van der Waals surface area contributed by atoms with E-state index < -0.39 is 18.8 Å². The lowest BCUT2D eigenvalue weighted by Crippen LogP contribution is -2.26. The monoisotopic (exact) mass is 402 g/mol. The maximum absolute atomic E-state index is 12.5. The Labute approximate surface area is 173 Å². The summed E-state index contributed by atoms with van der Waals surface area (Å²) in [6, 6.07) is 5.65. The molecule has 7 heteroatoms. The maximum atomic E-state index is 12.5. The smallest absolute Gasteiger partial charge is 0.220 e. The van der Waals surface area contributed by atoms with Crippen LogP contribution in [0.15, 0.2) is 29.1 Å². The Hall–Kier alpha value is -3.22. The molecule has 1 atom stereocenters. The Bertz CT molecular complexity index is 1100. The zero-order valence-corrected chi connectivity index (χ0v) is 16.8. The van der Waals surface area contributed by atoms with Crippen molar-refractivity contribution in [3.8, 4) is 34.1 Å². The van der Waals surface area contributed by atoms with Gasteiger partial charge in [-0.25, -0.2) is 0 Å². The number of hydrogen-bond donors (Lipinski definition) is 1. The summed E-state index contributed by atoms with van der Waals surface area (Å²) in [5.74, 6) is 0.252. The molecule has 0 aliphatic heterocycles. The van der Waals surface area contributed by atoms with Crippen molar-refractivity contribution in [1.82, 2.24) is 5.32 Å². The van der Waals surface area contributed by atoms with Crippen molar-refractivity contribution in [2.45, 2.75) is 25.7 Å². The number of ether oxygens (including phenoxy) is 4. The van der Waals surface area contributed by atoms with Gasteiger partial charge in [0.05, 0.1) is 34.5 Å². The van der Waals surface area contributed by atoms with Crippen LogP contribution >= 0.6 is 0 Å². The molecule has 2 aromatic rings. The van der Waals surface area contributed by atoms with Crippen molar-refractivity contribution < 1.29 is 27.9 Å². The molecule has 1 aliphatic carbocycles. The highest BCUT2D eigenvalue weighted by molar-refractivity contribution is 5.83. The summed E-state index contributed by atoms with van der Waals surface area (Å²) in [7, 11) is 5.88. The van der Waals surface area contributed by atoms with Gasteiger partial charge in [-0.2, -0.15) is 0 Å². The van der Waals surface area contributed by atoms with E-state index in [1.807, 2.05) is 6.07 Å². The van der Waals surface area contributed by atoms with E-state index in [1.165, 1.54) is 40.6 Å². The summed E-state index contributed by atoms with van der Waals surface area (Å²) in [5.41, 5.74) is 2.27. The van der Waals surface area contributed by atoms with Crippen LogP contribution in [0, 0.1) is 0 Å². The first kappa shape index (κ1) is 16.7. The van der Waals surface area contributed by atoms with Gasteiger partial charge in [0.25, 0.3) is 0 Å². The van der Waals surface area contributed by atoms with Crippen LogP contribution in [0.4, 0.5) is 0 Å². The van der Waals surface area contributed by atoms with Crippen molar-refractivity contribution in [3.63, 3.8) is 0 Å². The van der Waals surface area contributed by atoms with E-state index in [4.69, 9.17) is 23.1 Å². The van der Waals surface area contributed by atoms with Crippen LogP contribution in [-0.4, -0.2) is 34.3 Å². The number of fused-ring (bicyclic) bond motifs is 3. The Morgan fingerprint density at radius 2 is 1.76 bits per heavy atom. The number of carbonyl (C=O) groups excluding carboxylic acids is 1. The summed E-state index contributed by atoms with van der Waals surface area (Å²) < 4.78 is 44.2. The minimum absolute atomic E-state index is 0.0716. The molecule has 0 unspecified atom stereocenters. The first-order valence-corrected chi connectivity index (χ1v) is 9.01. The molecule has 0 bridgehead atoms. The first-order chi connectivity index (χ1) is 15.2. The van der Waals surface area contributed by atoms with Crippen LogP contribution in [-0.2, 0) is 11.2 Å². The van der Waals surface area contributed by atoms with Crippen molar-refractivity contribution in [3.05, 3.63) is 45.6 Å². The second-order valence-corrected chi connectivity index (χ2v) is 6.52. The highest BCUT2D eigenvalue weighted by atomic mass is 16.5. The summed E-state index contributed by atoms with van der Waals surface area (Å²) in [6.45, 7) is -2.81. The van der Waals surface area contributed by atoms with Gasteiger partial charge < -0.3 is 24.3 Å². The van der Waals surface area contributed by atoms with E-state index in [9.17, 15) is 9.59 Å². The van der Waals surface area contributed by atoms with Gasteiger partial charge in [-0.3, -0.25) is 9.59 Å². The van der Waals surface area contributed by atoms with E-state index in [-0.39, 0.29) is 11.2 Å². The number of hydrogen-bond acceptors (Lipinski definition) is 6. The van der Waals surface area contributed by atoms with Gasteiger partial charge in [-0.1, -0.05) is 0 Å². The zero-order chi connectivity index (χ0) is 23.6. The summed E-state index contributed by atoms with van der Waals surface area (Å²) >= 11 is 0. The molecule has 1 N–H and O–H groups in total. The zero-order valence-electron chi connectivity index (χ0n) is 19.8. The Balaban J connectivity index is 2.36. The number of methoxy groups -OCH3 is 4. The highest BCUT2D eigenvalue weighted by Gasteiger charge is 2.29. The second-order valence-electron chi connectivity index (χ2n) is 6.52. The van der Waals surface area contributed by atoms with E-state index in [0.29, 0.717) is 46.8 Å². The third kappa shape index (κ3) is 3.72. The Kier molecular flexibility index (Phi) is 4.85. The molecule has 3 rings (SSSR count). The molecule has 1 aliphatic rings. The van der Waals surface area contributed by atoms with Crippen LogP contribution in [0.25, 0.3) is 11.1 Å². The molecule has 7 nitrogen and oxygen atoms in total. The molecule has 0 fully saturated rings. The maximum Gasteiger partial charge on any atom is 0.220 e. The van der Waals surface area contributed by atoms with Gasteiger partial charge in [0.2, 0.25) is 17.1 Å². The van der Waals surface area contributed by atoms with Gasteiger partial charge in [-0.15, -0.1) is 0 Å². The number of carbonyl (C=O) groups is 1. The molecule has 0 heterocycles. The van der Waals surface area contributed by atoms with Crippen LogP contribution in [0.3, 0.4) is 0 Å². The standard InChI is InChI=1S/C22H25NO6/c1-12(24)23-16-8-6-13-10-19(27-3)21(28-4)22(29-5)20(13)14-7-9-17(25)18(26-2)11-15(14)16/h7,9-11,16H,6,8H2,1-5H3,(H,23,24)/t16-/m0/s1/i1D3. The highest BCUT2D eigenvalue weighted by Crippen LogP contribution is 2.50. The quantitative estimate of drug-likeness (QED) is 0.828. The van der Waals surface area contributed by atoms with Gasteiger partial charge in [0, 0.05) is 16.5 Å². The third-order valence-electron chi connectivity index (χ3n) is 5.03. The third-order valence-corrected chi connectivity index (χ3v) is 5.03.